The van der Waals surface area contributed by atoms with Gasteiger partial charge in [-0.05, 0) is 6.92 Å². The summed E-state index contributed by atoms with van der Waals surface area (Å²) in [5.74, 6) is 0. The Morgan fingerprint density at radius 1 is 1.75 bits per heavy atom. The van der Waals surface area contributed by atoms with Crippen molar-refractivity contribution in [1.82, 2.24) is 5.32 Å². The quantitative estimate of drug-likeness (QED) is 0.556. The predicted octanol–water partition coefficient (Wildman–Crippen LogP) is 0.165. The van der Waals surface area contributed by atoms with Gasteiger partial charge in [-0.25, -0.2) is 0 Å². The minimum Gasteiger partial charge on any atom is -0.358 e. The molecule has 0 aromatic carbocycles. The molecule has 1 atom stereocenters. The SMILES string of the molecule is [CH2-]CNC(C)N.[CH3-].[U+2]. The maximum absolute atomic E-state index is 5.25. The van der Waals surface area contributed by atoms with Crippen LogP contribution < -0.4 is 11.1 Å². The Bertz CT molecular complexity index is 31.6. The van der Waals surface area contributed by atoms with Crippen LogP contribution in [0.15, 0.2) is 0 Å². The van der Waals surface area contributed by atoms with Crippen LogP contribution in [0.25, 0.3) is 0 Å². The zero-order valence-electron chi connectivity index (χ0n) is 5.57. The molecule has 3 N–H and O–H groups in total. The topological polar surface area (TPSA) is 38.0 Å². The van der Waals surface area contributed by atoms with E-state index < -0.39 is 0 Å². The number of hydrogen-bond donors (Lipinski definition) is 2. The summed E-state index contributed by atoms with van der Waals surface area (Å²) in [7, 11) is 0. The molecule has 0 fully saturated rings. The summed E-state index contributed by atoms with van der Waals surface area (Å²) >= 11 is 0. The van der Waals surface area contributed by atoms with Gasteiger partial charge >= 0.3 is 31.1 Å². The number of hydrogen-bond acceptors (Lipinski definition) is 2. The third kappa shape index (κ3) is 15.8. The smallest absolute Gasteiger partial charge is 0.358 e. The van der Waals surface area contributed by atoms with Crippen LogP contribution in [0.1, 0.15) is 6.92 Å². The second kappa shape index (κ2) is 10.9. The van der Waals surface area contributed by atoms with Crippen molar-refractivity contribution in [2.24, 2.45) is 5.73 Å². The molecule has 8 heavy (non-hydrogen) atoms. The van der Waals surface area contributed by atoms with Crippen LogP contribution in [0.2, 0.25) is 0 Å². The van der Waals surface area contributed by atoms with Crippen LogP contribution in [0.5, 0.6) is 0 Å². The zero-order chi connectivity index (χ0) is 4.99. The second-order valence-electron chi connectivity index (χ2n) is 1.24. The third-order valence-corrected chi connectivity index (χ3v) is 0.466. The van der Waals surface area contributed by atoms with E-state index in [4.69, 9.17) is 5.73 Å². The standard InChI is InChI=1S/C4H11N2.CH3.U/c1-3-6-4(2)5;;/h4,6H,1,3,5H2,2H3;1H3;/q2*-1;+2. The summed E-state index contributed by atoms with van der Waals surface area (Å²) in [6, 6.07) is 0. The Balaban J connectivity index is -0.000000125. The Morgan fingerprint density at radius 2 is 2.12 bits per heavy atom. The molecule has 0 amide bonds. The minimum atomic E-state index is 0. The Kier molecular flexibility index (Phi) is 21.7. The van der Waals surface area contributed by atoms with Crippen molar-refractivity contribution in [1.29, 1.82) is 0 Å². The van der Waals surface area contributed by atoms with Gasteiger partial charge in [0.2, 0.25) is 0 Å². The minimum absolute atomic E-state index is 0. The molecule has 0 saturated carbocycles. The molecule has 0 heterocycles. The Labute approximate surface area is 76.0 Å². The Morgan fingerprint density at radius 3 is 2.12 bits per heavy atom. The maximum Gasteiger partial charge on any atom is 2.00 e. The summed E-state index contributed by atoms with van der Waals surface area (Å²) in [6.07, 6.45) is 0.0856. The van der Waals surface area contributed by atoms with Crippen molar-refractivity contribution in [3.63, 3.8) is 0 Å². The molecule has 0 bridgehead atoms. The van der Waals surface area contributed by atoms with Gasteiger partial charge in [0, 0.05) is 6.17 Å². The first-order chi connectivity index (χ1) is 2.77. The van der Waals surface area contributed by atoms with Crippen molar-refractivity contribution in [3.8, 4) is 0 Å². The van der Waals surface area contributed by atoms with Gasteiger partial charge < -0.3 is 25.4 Å². The van der Waals surface area contributed by atoms with Crippen molar-refractivity contribution < 1.29 is 31.1 Å². The summed E-state index contributed by atoms with van der Waals surface area (Å²) < 4.78 is 0. The van der Waals surface area contributed by atoms with Crippen molar-refractivity contribution in [2.45, 2.75) is 13.1 Å². The number of rotatable bonds is 2. The van der Waals surface area contributed by atoms with Gasteiger partial charge in [0.1, 0.15) is 0 Å². The van der Waals surface area contributed by atoms with E-state index >= 15 is 0 Å². The Hall–Kier alpha value is 0.972. The summed E-state index contributed by atoms with van der Waals surface area (Å²) in [5, 5.41) is 2.88. The predicted molar refractivity (Wildman–Crippen MR) is 33.4 cm³/mol. The molecule has 0 aliphatic heterocycles. The van der Waals surface area contributed by atoms with E-state index in [-0.39, 0.29) is 44.7 Å². The molecule has 48 valence electrons. The molecule has 0 aromatic heterocycles. The molecule has 0 aliphatic carbocycles. The summed E-state index contributed by atoms with van der Waals surface area (Å²) in [4.78, 5) is 0. The van der Waals surface area contributed by atoms with E-state index in [1.807, 2.05) is 6.92 Å². The largest absolute Gasteiger partial charge is 2.00 e. The molecule has 0 spiro atoms. The average Bonchev–Trinajstić information content (AvgIpc) is 1.35. The molecule has 2 nitrogen and oxygen atoms in total. The summed E-state index contributed by atoms with van der Waals surface area (Å²) in [5.41, 5.74) is 5.25. The van der Waals surface area contributed by atoms with Gasteiger partial charge in [0.25, 0.3) is 0 Å². The first-order valence-electron chi connectivity index (χ1n) is 2.05. The van der Waals surface area contributed by atoms with E-state index in [1.165, 1.54) is 0 Å². The molecule has 0 rings (SSSR count). The molecule has 3 heteroatoms. The molecule has 0 saturated heterocycles. The molecular weight excluding hydrogens is 326 g/mol. The molecule has 0 radical (unpaired) electrons. The van der Waals surface area contributed by atoms with E-state index in [9.17, 15) is 0 Å². The van der Waals surface area contributed by atoms with Crippen LogP contribution in [-0.4, -0.2) is 12.7 Å². The fourth-order valence-corrected chi connectivity index (χ4v) is 0.228. The van der Waals surface area contributed by atoms with E-state index in [0.29, 0.717) is 6.54 Å². The van der Waals surface area contributed by atoms with Gasteiger partial charge in [-0.15, -0.1) is 6.54 Å². The monoisotopic (exact) mass is 340 g/mol. The number of nitrogens with two attached hydrogens (primary N) is 1. The fraction of sp³-hybridized carbons (Fsp3) is 0.600. The maximum atomic E-state index is 5.25. The molecule has 0 aliphatic rings. The average molecular weight is 340 g/mol. The van der Waals surface area contributed by atoms with E-state index in [1.54, 1.807) is 0 Å². The third-order valence-electron chi connectivity index (χ3n) is 0.466. The van der Waals surface area contributed by atoms with Gasteiger partial charge in [-0.1, -0.05) is 0 Å². The van der Waals surface area contributed by atoms with Gasteiger partial charge in [-0.2, -0.15) is 0 Å². The van der Waals surface area contributed by atoms with Gasteiger partial charge in [0.15, 0.2) is 0 Å². The van der Waals surface area contributed by atoms with Crippen molar-refractivity contribution >= 4 is 0 Å². The first kappa shape index (κ1) is 16.0. The molecular formula is C5H14N2U. The van der Waals surface area contributed by atoms with Gasteiger partial charge in [-0.3, -0.25) is 0 Å². The van der Waals surface area contributed by atoms with E-state index in [0.717, 1.165) is 0 Å². The van der Waals surface area contributed by atoms with Crippen molar-refractivity contribution in [3.05, 3.63) is 14.4 Å². The van der Waals surface area contributed by atoms with Crippen LogP contribution in [-0.2, 0) is 0 Å². The fourth-order valence-electron chi connectivity index (χ4n) is 0.228. The van der Waals surface area contributed by atoms with Crippen LogP contribution >= 0.6 is 0 Å². The molecule has 0 aromatic rings. The summed E-state index contributed by atoms with van der Waals surface area (Å²) in [6.45, 7) is 6.12. The van der Waals surface area contributed by atoms with Crippen LogP contribution in [0.3, 0.4) is 0 Å². The van der Waals surface area contributed by atoms with Gasteiger partial charge in [0.05, 0.1) is 0 Å². The second-order valence-corrected chi connectivity index (χ2v) is 1.24. The molecule has 1 unspecified atom stereocenters. The first-order valence-corrected chi connectivity index (χ1v) is 2.05. The van der Waals surface area contributed by atoms with Crippen molar-refractivity contribution in [2.75, 3.05) is 6.54 Å². The van der Waals surface area contributed by atoms with Crippen LogP contribution in [0, 0.1) is 45.5 Å². The van der Waals surface area contributed by atoms with Crippen LogP contribution in [0.4, 0.5) is 0 Å². The number of nitrogens with one attached hydrogen (secondary N) is 1. The normalized spacial score (nSPS) is 10.9. The van der Waals surface area contributed by atoms with E-state index in [2.05, 4.69) is 12.2 Å². The zero-order valence-corrected chi connectivity index (χ0v) is 9.73.